The van der Waals surface area contributed by atoms with Gasteiger partial charge in [0.15, 0.2) is 0 Å². The lowest BCUT2D eigenvalue weighted by Crippen LogP contribution is -2.15. The monoisotopic (exact) mass is 304 g/mol. The van der Waals surface area contributed by atoms with Crippen LogP contribution in [-0.4, -0.2) is 25.4 Å². The first-order valence-electron chi connectivity index (χ1n) is 7.06. The van der Waals surface area contributed by atoms with Gasteiger partial charge in [-0.15, -0.1) is 11.8 Å². The molecule has 0 amide bonds. The topological polar surface area (TPSA) is 35.5 Å². The fourth-order valence-corrected chi connectivity index (χ4v) is 3.33. The molecule has 21 heavy (non-hydrogen) atoms. The molecular weight excluding hydrogens is 284 g/mol. The Morgan fingerprint density at radius 3 is 2.62 bits per heavy atom. The Morgan fingerprint density at radius 1 is 1.19 bits per heavy atom. The average Bonchev–Trinajstić information content (AvgIpc) is 2.52. The number of carbonyl (C=O) groups is 1. The Balaban J connectivity index is 2.61. The zero-order valence-corrected chi connectivity index (χ0v) is 13.4. The number of carbonyl (C=O) groups excluding carboxylic acids is 1. The second kappa shape index (κ2) is 7.36. The Bertz CT molecular complexity index is 624. The molecular formula is C17H20O3S. The van der Waals surface area contributed by atoms with Gasteiger partial charge >= 0.3 is 5.97 Å². The summed E-state index contributed by atoms with van der Waals surface area (Å²) in [4.78, 5) is 12.3. The Morgan fingerprint density at radius 2 is 1.95 bits per heavy atom. The van der Waals surface area contributed by atoms with Crippen LogP contribution < -0.4 is 4.74 Å². The van der Waals surface area contributed by atoms with Crippen molar-refractivity contribution in [3.63, 3.8) is 0 Å². The molecule has 0 aliphatic rings. The van der Waals surface area contributed by atoms with Gasteiger partial charge in [0.2, 0.25) is 0 Å². The summed E-state index contributed by atoms with van der Waals surface area (Å²) in [6, 6.07) is 12.0. The summed E-state index contributed by atoms with van der Waals surface area (Å²) in [6.45, 7) is 4.24. The van der Waals surface area contributed by atoms with Crippen molar-refractivity contribution in [2.75, 3.05) is 19.5 Å². The first kappa shape index (κ1) is 15.7. The first-order chi connectivity index (χ1) is 10.2. The summed E-state index contributed by atoms with van der Waals surface area (Å²) in [6.07, 6.45) is 0. The fourth-order valence-electron chi connectivity index (χ4n) is 2.38. The molecule has 0 aliphatic carbocycles. The molecule has 0 bridgehead atoms. The summed E-state index contributed by atoms with van der Waals surface area (Å²) < 4.78 is 10.7. The van der Waals surface area contributed by atoms with Crippen molar-refractivity contribution in [2.24, 2.45) is 0 Å². The van der Waals surface area contributed by atoms with Gasteiger partial charge in [0.25, 0.3) is 0 Å². The smallest absolute Gasteiger partial charge is 0.323 e. The highest BCUT2D eigenvalue weighted by atomic mass is 32.2. The van der Waals surface area contributed by atoms with Gasteiger partial charge in [-0.3, -0.25) is 4.79 Å². The molecule has 0 fully saturated rings. The van der Waals surface area contributed by atoms with Gasteiger partial charge in [-0.25, -0.2) is 0 Å². The predicted octanol–water partition coefficient (Wildman–Crippen LogP) is 4.21. The van der Waals surface area contributed by atoms with Crippen LogP contribution in [0.1, 0.15) is 24.7 Å². The van der Waals surface area contributed by atoms with Crippen LogP contribution in [0.4, 0.5) is 0 Å². The minimum atomic E-state index is -0.365. The van der Waals surface area contributed by atoms with Crippen LogP contribution in [0, 0.1) is 0 Å². The molecule has 2 rings (SSSR count). The number of hydrogen-bond donors (Lipinski definition) is 0. The molecule has 0 aliphatic heterocycles. The van der Waals surface area contributed by atoms with Crippen LogP contribution >= 0.6 is 11.8 Å². The lowest BCUT2D eigenvalue weighted by molar-refractivity contribution is -0.142. The lowest BCUT2D eigenvalue weighted by Gasteiger charge is -2.19. The average molecular weight is 304 g/mol. The van der Waals surface area contributed by atoms with Gasteiger partial charge in [0.1, 0.15) is 11.0 Å². The van der Waals surface area contributed by atoms with Crippen LogP contribution in [0.3, 0.4) is 0 Å². The van der Waals surface area contributed by atoms with Crippen molar-refractivity contribution >= 4 is 28.5 Å². The van der Waals surface area contributed by atoms with Crippen LogP contribution in [0.5, 0.6) is 5.75 Å². The van der Waals surface area contributed by atoms with Gasteiger partial charge in [0.05, 0.1) is 13.7 Å². The van der Waals surface area contributed by atoms with Gasteiger partial charge in [-0.2, -0.15) is 0 Å². The second-order valence-electron chi connectivity index (χ2n) is 4.49. The summed E-state index contributed by atoms with van der Waals surface area (Å²) >= 11 is 1.57. The van der Waals surface area contributed by atoms with Gasteiger partial charge < -0.3 is 9.47 Å². The number of rotatable bonds is 6. The number of fused-ring (bicyclic) bond motifs is 1. The van der Waals surface area contributed by atoms with E-state index >= 15 is 0 Å². The molecule has 2 aromatic rings. The van der Waals surface area contributed by atoms with Crippen molar-refractivity contribution < 1.29 is 14.3 Å². The molecule has 0 aromatic heterocycles. The highest BCUT2D eigenvalue weighted by Crippen LogP contribution is 2.40. The number of esters is 1. The molecule has 0 N–H and O–H groups in total. The van der Waals surface area contributed by atoms with E-state index in [4.69, 9.17) is 9.47 Å². The molecule has 0 saturated carbocycles. The Kier molecular flexibility index (Phi) is 5.51. The summed E-state index contributed by atoms with van der Waals surface area (Å²) in [7, 11) is 1.63. The number of hydrogen-bond acceptors (Lipinski definition) is 4. The standard InChI is InChI=1S/C17H20O3S/c1-4-20-17(18)16(21-5-2)15-13-9-7-6-8-12(13)10-11-14(15)19-3/h6-11,16H,4-5H2,1-3H3. The summed E-state index contributed by atoms with van der Waals surface area (Å²) in [5.41, 5.74) is 0.904. The minimum Gasteiger partial charge on any atom is -0.496 e. The Labute approximate surface area is 129 Å². The molecule has 112 valence electrons. The van der Waals surface area contributed by atoms with Gasteiger partial charge in [0, 0.05) is 5.56 Å². The molecule has 2 aromatic carbocycles. The lowest BCUT2D eigenvalue weighted by atomic mass is 10.0. The molecule has 0 spiro atoms. The number of ether oxygens (including phenoxy) is 2. The van der Waals surface area contributed by atoms with Gasteiger partial charge in [-0.05, 0) is 29.5 Å². The van der Waals surface area contributed by atoms with E-state index in [0.717, 1.165) is 27.8 Å². The van der Waals surface area contributed by atoms with Crippen LogP contribution in [-0.2, 0) is 9.53 Å². The van der Waals surface area contributed by atoms with E-state index in [1.807, 2.05) is 50.2 Å². The maximum atomic E-state index is 12.3. The zero-order chi connectivity index (χ0) is 15.2. The van der Waals surface area contributed by atoms with Crippen LogP contribution in [0.2, 0.25) is 0 Å². The van der Waals surface area contributed by atoms with E-state index in [0.29, 0.717) is 6.61 Å². The second-order valence-corrected chi connectivity index (χ2v) is 5.87. The van der Waals surface area contributed by atoms with E-state index in [1.165, 1.54) is 0 Å². The number of thioether (sulfide) groups is 1. The predicted molar refractivity (Wildman–Crippen MR) is 88.0 cm³/mol. The molecule has 1 atom stereocenters. The highest BCUT2D eigenvalue weighted by Gasteiger charge is 2.27. The van der Waals surface area contributed by atoms with Crippen LogP contribution in [0.15, 0.2) is 36.4 Å². The van der Waals surface area contributed by atoms with E-state index in [2.05, 4.69) is 0 Å². The van der Waals surface area contributed by atoms with Gasteiger partial charge in [-0.1, -0.05) is 37.3 Å². The normalized spacial score (nSPS) is 12.1. The summed E-state index contributed by atoms with van der Waals surface area (Å²) in [5.74, 6) is 1.35. The first-order valence-corrected chi connectivity index (χ1v) is 8.11. The van der Waals surface area contributed by atoms with Crippen molar-refractivity contribution in [3.8, 4) is 5.75 Å². The van der Waals surface area contributed by atoms with Crippen molar-refractivity contribution in [1.82, 2.24) is 0 Å². The number of benzene rings is 2. The maximum absolute atomic E-state index is 12.3. The third kappa shape index (κ3) is 3.32. The molecule has 0 saturated heterocycles. The fraction of sp³-hybridized carbons (Fsp3) is 0.353. The third-order valence-corrected chi connectivity index (χ3v) is 4.34. The minimum absolute atomic E-state index is 0.209. The molecule has 0 heterocycles. The molecule has 1 unspecified atom stereocenters. The van der Waals surface area contributed by atoms with E-state index < -0.39 is 0 Å². The van der Waals surface area contributed by atoms with Crippen molar-refractivity contribution in [2.45, 2.75) is 19.1 Å². The zero-order valence-electron chi connectivity index (χ0n) is 12.6. The number of methoxy groups -OCH3 is 1. The van der Waals surface area contributed by atoms with E-state index in [-0.39, 0.29) is 11.2 Å². The van der Waals surface area contributed by atoms with Crippen LogP contribution in [0.25, 0.3) is 10.8 Å². The Hall–Kier alpha value is -1.68. The third-order valence-electron chi connectivity index (χ3n) is 3.25. The van der Waals surface area contributed by atoms with Crippen molar-refractivity contribution in [1.29, 1.82) is 0 Å². The van der Waals surface area contributed by atoms with E-state index in [1.54, 1.807) is 18.9 Å². The maximum Gasteiger partial charge on any atom is 0.323 e. The summed E-state index contributed by atoms with van der Waals surface area (Å²) in [5, 5.41) is 1.77. The van der Waals surface area contributed by atoms with Crippen molar-refractivity contribution in [3.05, 3.63) is 42.0 Å². The molecule has 3 nitrogen and oxygen atoms in total. The highest BCUT2D eigenvalue weighted by molar-refractivity contribution is 8.00. The largest absolute Gasteiger partial charge is 0.496 e. The quantitative estimate of drug-likeness (QED) is 0.749. The SMILES string of the molecule is CCOC(=O)C(SCC)c1c(OC)ccc2ccccc12. The molecule has 4 heteroatoms. The molecule has 0 radical (unpaired) electrons. The van der Waals surface area contributed by atoms with E-state index in [9.17, 15) is 4.79 Å².